The Kier molecular flexibility index (Phi) is 5.27. The minimum absolute atomic E-state index is 0.222. The van der Waals surface area contributed by atoms with Crippen molar-refractivity contribution in [2.24, 2.45) is 0 Å². The fourth-order valence-electron chi connectivity index (χ4n) is 3.07. The van der Waals surface area contributed by atoms with Crippen LogP contribution in [0.15, 0.2) is 83.8 Å². The summed E-state index contributed by atoms with van der Waals surface area (Å²) in [6, 6.07) is 20.2. The van der Waals surface area contributed by atoms with Gasteiger partial charge in [-0.3, -0.25) is 9.59 Å². The van der Waals surface area contributed by atoms with Crippen molar-refractivity contribution in [1.29, 1.82) is 0 Å². The highest BCUT2D eigenvalue weighted by Crippen LogP contribution is 2.39. The van der Waals surface area contributed by atoms with E-state index in [1.165, 1.54) is 60.3 Å². The van der Waals surface area contributed by atoms with E-state index >= 15 is 0 Å². The maximum Gasteiger partial charge on any atom is 0.272 e. The highest BCUT2D eigenvalue weighted by molar-refractivity contribution is 8.03. The zero-order chi connectivity index (χ0) is 20.4. The molecule has 1 aliphatic heterocycles. The van der Waals surface area contributed by atoms with Crippen LogP contribution in [-0.2, 0) is 15.3 Å². The van der Waals surface area contributed by atoms with Crippen LogP contribution in [0.2, 0.25) is 0 Å². The van der Waals surface area contributed by atoms with Crippen molar-refractivity contribution in [1.82, 2.24) is 0 Å². The van der Waals surface area contributed by atoms with Crippen LogP contribution in [0.25, 0.3) is 5.57 Å². The van der Waals surface area contributed by atoms with Gasteiger partial charge in [0, 0.05) is 5.75 Å². The summed E-state index contributed by atoms with van der Waals surface area (Å²) in [7, 11) is 0. The molecule has 1 aliphatic rings. The van der Waals surface area contributed by atoms with E-state index in [9.17, 15) is 18.4 Å². The van der Waals surface area contributed by atoms with Gasteiger partial charge in [-0.15, -0.1) is 11.8 Å². The number of hydrogen-bond donors (Lipinski definition) is 0. The normalized spacial score (nSPS) is 14.1. The van der Waals surface area contributed by atoms with Gasteiger partial charge in [-0.1, -0.05) is 42.5 Å². The van der Waals surface area contributed by atoms with Crippen molar-refractivity contribution in [2.45, 2.75) is 5.75 Å². The molecular formula is C23H15F2NO2S. The number of carbonyl (C=O) groups excluding carboxylic acids is 2. The van der Waals surface area contributed by atoms with Crippen LogP contribution in [0.4, 0.5) is 14.5 Å². The third-order valence-corrected chi connectivity index (χ3v) is 5.63. The van der Waals surface area contributed by atoms with Crippen LogP contribution in [0.5, 0.6) is 0 Å². The number of imide groups is 1. The maximum atomic E-state index is 13.4. The minimum atomic E-state index is -0.510. The van der Waals surface area contributed by atoms with Crippen molar-refractivity contribution in [3.8, 4) is 0 Å². The molecule has 6 heteroatoms. The summed E-state index contributed by atoms with van der Waals surface area (Å²) in [5.74, 6) is -1.37. The Morgan fingerprint density at radius 3 is 1.93 bits per heavy atom. The Morgan fingerprint density at radius 2 is 1.31 bits per heavy atom. The van der Waals surface area contributed by atoms with Gasteiger partial charge in [0.25, 0.3) is 11.8 Å². The first-order valence-electron chi connectivity index (χ1n) is 8.86. The zero-order valence-electron chi connectivity index (χ0n) is 15.1. The molecule has 0 aliphatic carbocycles. The first-order valence-corrected chi connectivity index (χ1v) is 9.84. The van der Waals surface area contributed by atoms with Crippen LogP contribution in [0, 0.1) is 11.6 Å². The van der Waals surface area contributed by atoms with E-state index in [1.54, 1.807) is 0 Å². The molecule has 0 unspecified atom stereocenters. The lowest BCUT2D eigenvalue weighted by molar-refractivity contribution is -0.119. The van der Waals surface area contributed by atoms with E-state index in [0.29, 0.717) is 11.3 Å². The molecule has 3 aromatic rings. The molecule has 0 bridgehead atoms. The number of thioether (sulfide) groups is 1. The van der Waals surface area contributed by atoms with E-state index in [1.807, 2.05) is 30.3 Å². The van der Waals surface area contributed by atoms with Crippen LogP contribution in [0.1, 0.15) is 11.1 Å². The number of nitrogens with zero attached hydrogens (tertiary/aromatic N) is 1. The predicted molar refractivity (Wildman–Crippen MR) is 110 cm³/mol. The average molecular weight is 407 g/mol. The van der Waals surface area contributed by atoms with Gasteiger partial charge in [-0.05, 0) is 47.5 Å². The number of rotatable bonds is 5. The third kappa shape index (κ3) is 3.84. The van der Waals surface area contributed by atoms with Gasteiger partial charge in [-0.25, -0.2) is 13.7 Å². The van der Waals surface area contributed by atoms with Crippen molar-refractivity contribution < 1.29 is 18.4 Å². The lowest BCUT2D eigenvalue weighted by Gasteiger charge is -2.15. The Bertz CT molecular complexity index is 1090. The summed E-state index contributed by atoms with van der Waals surface area (Å²) in [4.78, 5) is 27.6. The summed E-state index contributed by atoms with van der Waals surface area (Å²) in [5.41, 5.74) is 1.98. The van der Waals surface area contributed by atoms with Gasteiger partial charge in [0.1, 0.15) is 11.6 Å². The standard InChI is InChI=1S/C23H15F2NO2S/c24-17-8-6-16(7-9-17)20-21(29-14-15-4-2-1-3-5-15)23(28)26(22(20)27)19-12-10-18(25)11-13-19/h1-13H,14H2. The topological polar surface area (TPSA) is 37.4 Å². The Balaban J connectivity index is 1.74. The average Bonchev–Trinajstić information content (AvgIpc) is 2.98. The first-order chi connectivity index (χ1) is 14.0. The summed E-state index contributed by atoms with van der Waals surface area (Å²) in [5, 5.41) is 0. The van der Waals surface area contributed by atoms with E-state index < -0.39 is 23.4 Å². The van der Waals surface area contributed by atoms with E-state index in [4.69, 9.17) is 0 Å². The lowest BCUT2D eigenvalue weighted by atomic mass is 10.1. The number of amides is 2. The number of hydrogen-bond acceptors (Lipinski definition) is 3. The van der Waals surface area contributed by atoms with Crippen LogP contribution in [0.3, 0.4) is 0 Å². The molecule has 0 saturated heterocycles. The molecular weight excluding hydrogens is 392 g/mol. The molecule has 29 heavy (non-hydrogen) atoms. The summed E-state index contributed by atoms with van der Waals surface area (Å²) in [6.45, 7) is 0. The third-order valence-electron chi connectivity index (χ3n) is 4.49. The van der Waals surface area contributed by atoms with Crippen molar-refractivity contribution in [2.75, 3.05) is 4.90 Å². The van der Waals surface area contributed by atoms with Gasteiger partial charge in [-0.2, -0.15) is 0 Å². The predicted octanol–water partition coefficient (Wildman–Crippen LogP) is 5.18. The molecule has 144 valence electrons. The summed E-state index contributed by atoms with van der Waals surface area (Å²) >= 11 is 1.26. The second kappa shape index (κ2) is 8.01. The summed E-state index contributed by atoms with van der Waals surface area (Å²) < 4.78 is 26.7. The number of benzene rings is 3. The molecule has 0 spiro atoms. The second-order valence-corrected chi connectivity index (χ2v) is 7.39. The molecule has 0 aromatic heterocycles. The molecule has 3 nitrogen and oxygen atoms in total. The Hall–Kier alpha value is -3.25. The van der Waals surface area contributed by atoms with Crippen molar-refractivity contribution in [3.05, 3.63) is 107 Å². The first kappa shape index (κ1) is 19.1. The van der Waals surface area contributed by atoms with Crippen molar-refractivity contribution in [3.63, 3.8) is 0 Å². The quantitative estimate of drug-likeness (QED) is 0.547. The highest BCUT2D eigenvalue weighted by Gasteiger charge is 2.40. The second-order valence-electron chi connectivity index (χ2n) is 6.41. The Morgan fingerprint density at radius 1 is 0.724 bits per heavy atom. The fourth-order valence-corrected chi connectivity index (χ4v) is 4.14. The molecule has 0 atom stereocenters. The molecule has 0 saturated carbocycles. The number of halogens is 2. The molecule has 4 rings (SSSR count). The van der Waals surface area contributed by atoms with Gasteiger partial charge in [0.05, 0.1) is 16.2 Å². The number of carbonyl (C=O) groups is 2. The molecule has 3 aromatic carbocycles. The van der Waals surface area contributed by atoms with Crippen LogP contribution >= 0.6 is 11.8 Å². The highest BCUT2D eigenvalue weighted by atomic mass is 32.2. The molecule has 0 fully saturated rings. The zero-order valence-corrected chi connectivity index (χ0v) is 16.0. The molecule has 2 amide bonds. The molecule has 0 radical (unpaired) electrons. The Labute approximate surface area is 170 Å². The molecule has 0 N–H and O–H groups in total. The largest absolute Gasteiger partial charge is 0.272 e. The molecule has 1 heterocycles. The van der Waals surface area contributed by atoms with Gasteiger partial charge in [0.2, 0.25) is 0 Å². The smallest absolute Gasteiger partial charge is 0.268 e. The lowest BCUT2D eigenvalue weighted by Crippen LogP contribution is -2.31. The minimum Gasteiger partial charge on any atom is -0.268 e. The summed E-state index contributed by atoms with van der Waals surface area (Å²) in [6.07, 6.45) is 0. The fraction of sp³-hybridized carbons (Fsp3) is 0.0435. The van der Waals surface area contributed by atoms with Gasteiger partial charge in [0.15, 0.2) is 0 Å². The van der Waals surface area contributed by atoms with Gasteiger partial charge >= 0.3 is 0 Å². The SMILES string of the molecule is O=C1C(SCc2ccccc2)=C(c2ccc(F)cc2)C(=O)N1c1ccc(F)cc1. The van der Waals surface area contributed by atoms with Crippen LogP contribution in [-0.4, -0.2) is 11.8 Å². The van der Waals surface area contributed by atoms with Gasteiger partial charge < -0.3 is 0 Å². The monoisotopic (exact) mass is 407 g/mol. The van der Waals surface area contributed by atoms with Crippen LogP contribution < -0.4 is 4.90 Å². The van der Waals surface area contributed by atoms with E-state index in [0.717, 1.165) is 10.5 Å². The number of anilines is 1. The van der Waals surface area contributed by atoms with E-state index in [-0.39, 0.29) is 16.2 Å². The van der Waals surface area contributed by atoms with Crippen molar-refractivity contribution >= 4 is 34.8 Å². The maximum absolute atomic E-state index is 13.4. The van der Waals surface area contributed by atoms with E-state index in [2.05, 4.69) is 0 Å².